The number of fused-ring (bicyclic) bond motifs is 2. The SMILES string of the molecule is CC(NC(=O)CCCc1nc2ccccc2c(=O)[nH]1)c1cccc2ccccc12. The van der Waals surface area contributed by atoms with E-state index in [1.54, 1.807) is 6.07 Å². The van der Waals surface area contributed by atoms with E-state index in [1.165, 1.54) is 0 Å². The molecule has 1 heterocycles. The molecule has 5 nitrogen and oxygen atoms in total. The fourth-order valence-corrected chi connectivity index (χ4v) is 3.69. The summed E-state index contributed by atoms with van der Waals surface area (Å²) < 4.78 is 0. The van der Waals surface area contributed by atoms with E-state index < -0.39 is 0 Å². The molecule has 4 rings (SSSR count). The zero-order valence-electron chi connectivity index (χ0n) is 16.3. The van der Waals surface area contributed by atoms with Crippen LogP contribution in [0.25, 0.3) is 21.7 Å². The van der Waals surface area contributed by atoms with Gasteiger partial charge in [0.15, 0.2) is 0 Å². The average molecular weight is 385 g/mol. The summed E-state index contributed by atoms with van der Waals surface area (Å²) in [5.74, 6) is 0.608. The average Bonchev–Trinajstić information content (AvgIpc) is 2.73. The van der Waals surface area contributed by atoms with E-state index in [4.69, 9.17) is 0 Å². The van der Waals surface area contributed by atoms with Gasteiger partial charge >= 0.3 is 0 Å². The Morgan fingerprint density at radius 2 is 1.72 bits per heavy atom. The predicted octanol–water partition coefficient (Wildman–Crippen LogP) is 4.28. The summed E-state index contributed by atoms with van der Waals surface area (Å²) in [7, 11) is 0. The predicted molar refractivity (Wildman–Crippen MR) is 116 cm³/mol. The molecule has 4 aromatic rings. The number of benzene rings is 3. The number of hydrogen-bond acceptors (Lipinski definition) is 3. The minimum absolute atomic E-state index is 0.00595. The summed E-state index contributed by atoms with van der Waals surface area (Å²) in [4.78, 5) is 31.9. The summed E-state index contributed by atoms with van der Waals surface area (Å²) in [6.07, 6.45) is 1.55. The Morgan fingerprint density at radius 1 is 1.00 bits per heavy atom. The van der Waals surface area contributed by atoms with Crippen LogP contribution in [0, 0.1) is 0 Å². The lowest BCUT2D eigenvalue weighted by atomic mass is 9.99. The van der Waals surface area contributed by atoms with Crippen LogP contribution in [0.15, 0.2) is 71.5 Å². The highest BCUT2D eigenvalue weighted by Crippen LogP contribution is 2.24. The standard InChI is InChI=1S/C24H23N3O2/c1-16(18-12-6-9-17-8-2-3-10-19(17)18)25-23(28)15-7-14-22-26-21-13-5-4-11-20(21)24(29)27-22/h2-6,8-13,16H,7,14-15H2,1H3,(H,25,28)(H,26,27,29). The summed E-state index contributed by atoms with van der Waals surface area (Å²) in [5, 5.41) is 5.98. The molecule has 1 amide bonds. The van der Waals surface area contributed by atoms with Crippen molar-refractivity contribution in [3.05, 3.63) is 88.5 Å². The molecule has 0 radical (unpaired) electrons. The van der Waals surface area contributed by atoms with Crippen LogP contribution in [0.3, 0.4) is 0 Å². The van der Waals surface area contributed by atoms with Crippen LogP contribution in [-0.2, 0) is 11.2 Å². The number of rotatable bonds is 6. The molecule has 146 valence electrons. The molecule has 3 aromatic carbocycles. The lowest BCUT2D eigenvalue weighted by Gasteiger charge is -2.16. The van der Waals surface area contributed by atoms with E-state index >= 15 is 0 Å². The maximum Gasteiger partial charge on any atom is 0.258 e. The van der Waals surface area contributed by atoms with Crippen LogP contribution in [0.4, 0.5) is 0 Å². The number of aryl methyl sites for hydroxylation is 1. The second-order valence-corrected chi connectivity index (χ2v) is 7.24. The lowest BCUT2D eigenvalue weighted by Crippen LogP contribution is -2.26. The van der Waals surface area contributed by atoms with Crippen LogP contribution in [-0.4, -0.2) is 15.9 Å². The smallest absolute Gasteiger partial charge is 0.258 e. The fourth-order valence-electron chi connectivity index (χ4n) is 3.69. The molecule has 0 saturated heterocycles. The molecule has 2 N–H and O–H groups in total. The Bertz CT molecular complexity index is 1220. The zero-order chi connectivity index (χ0) is 20.2. The van der Waals surface area contributed by atoms with Crippen molar-refractivity contribution in [2.45, 2.75) is 32.2 Å². The van der Waals surface area contributed by atoms with Gasteiger partial charge in [0.1, 0.15) is 5.82 Å². The summed E-state index contributed by atoms with van der Waals surface area (Å²) in [5.41, 5.74) is 1.65. The zero-order valence-corrected chi connectivity index (χ0v) is 16.3. The number of carbonyl (C=O) groups excluding carboxylic acids is 1. The van der Waals surface area contributed by atoms with Crippen molar-refractivity contribution in [1.29, 1.82) is 0 Å². The largest absolute Gasteiger partial charge is 0.350 e. The van der Waals surface area contributed by atoms with Crippen LogP contribution in [0.1, 0.15) is 37.2 Å². The first-order chi connectivity index (χ1) is 14.1. The van der Waals surface area contributed by atoms with Crippen LogP contribution in [0.2, 0.25) is 0 Å². The summed E-state index contributed by atoms with van der Waals surface area (Å²) in [6, 6.07) is 21.5. The van der Waals surface area contributed by atoms with Gasteiger partial charge in [0.2, 0.25) is 5.91 Å². The highest BCUT2D eigenvalue weighted by molar-refractivity contribution is 5.87. The van der Waals surface area contributed by atoms with Gasteiger partial charge < -0.3 is 10.3 Å². The van der Waals surface area contributed by atoms with E-state index in [-0.39, 0.29) is 17.5 Å². The third kappa shape index (κ3) is 4.19. The molecular formula is C24H23N3O2. The minimum Gasteiger partial charge on any atom is -0.350 e. The third-order valence-electron chi connectivity index (χ3n) is 5.15. The van der Waals surface area contributed by atoms with Crippen molar-refractivity contribution in [2.75, 3.05) is 0 Å². The summed E-state index contributed by atoms with van der Waals surface area (Å²) >= 11 is 0. The number of para-hydroxylation sites is 1. The quantitative estimate of drug-likeness (QED) is 0.520. The Morgan fingerprint density at radius 3 is 2.59 bits per heavy atom. The van der Waals surface area contributed by atoms with Crippen molar-refractivity contribution in [3.8, 4) is 0 Å². The van der Waals surface area contributed by atoms with Gasteiger partial charge in [-0.05, 0) is 41.8 Å². The second kappa shape index (κ2) is 8.27. The van der Waals surface area contributed by atoms with Gasteiger partial charge in [-0.1, -0.05) is 54.6 Å². The molecule has 0 aliphatic carbocycles. The first-order valence-corrected chi connectivity index (χ1v) is 9.87. The molecule has 0 bridgehead atoms. The molecule has 0 fully saturated rings. The lowest BCUT2D eigenvalue weighted by molar-refractivity contribution is -0.121. The normalized spacial score (nSPS) is 12.2. The van der Waals surface area contributed by atoms with Crippen molar-refractivity contribution in [2.24, 2.45) is 0 Å². The van der Waals surface area contributed by atoms with Gasteiger partial charge in [-0.3, -0.25) is 9.59 Å². The Kier molecular flexibility index (Phi) is 5.38. The third-order valence-corrected chi connectivity index (χ3v) is 5.15. The van der Waals surface area contributed by atoms with Crippen molar-refractivity contribution < 1.29 is 4.79 Å². The molecule has 0 spiro atoms. The second-order valence-electron chi connectivity index (χ2n) is 7.24. The number of H-pyrrole nitrogens is 1. The Labute approximate surface area is 168 Å². The monoisotopic (exact) mass is 385 g/mol. The molecule has 5 heteroatoms. The maximum atomic E-state index is 12.4. The number of nitrogens with zero attached hydrogens (tertiary/aromatic N) is 1. The molecule has 1 unspecified atom stereocenters. The van der Waals surface area contributed by atoms with Crippen molar-refractivity contribution in [3.63, 3.8) is 0 Å². The number of aromatic nitrogens is 2. The highest BCUT2D eigenvalue weighted by atomic mass is 16.1. The number of amides is 1. The Hall–Kier alpha value is -3.47. The van der Waals surface area contributed by atoms with Gasteiger partial charge in [0.25, 0.3) is 5.56 Å². The number of aromatic amines is 1. The van der Waals surface area contributed by atoms with Crippen LogP contribution in [0.5, 0.6) is 0 Å². The van der Waals surface area contributed by atoms with Gasteiger partial charge in [0, 0.05) is 12.8 Å². The number of nitrogens with one attached hydrogen (secondary N) is 2. The fraction of sp³-hybridized carbons (Fsp3) is 0.208. The van der Waals surface area contributed by atoms with Crippen LogP contribution >= 0.6 is 0 Å². The molecule has 1 aromatic heterocycles. The van der Waals surface area contributed by atoms with Gasteiger partial charge in [-0.2, -0.15) is 0 Å². The van der Waals surface area contributed by atoms with E-state index in [9.17, 15) is 9.59 Å². The Balaban J connectivity index is 1.37. The minimum atomic E-state index is -0.139. The molecule has 29 heavy (non-hydrogen) atoms. The molecular weight excluding hydrogens is 362 g/mol. The highest BCUT2D eigenvalue weighted by Gasteiger charge is 2.12. The summed E-state index contributed by atoms with van der Waals surface area (Å²) in [6.45, 7) is 2.00. The topological polar surface area (TPSA) is 74.8 Å². The molecule has 0 saturated carbocycles. The van der Waals surface area contributed by atoms with Gasteiger partial charge in [0.05, 0.1) is 16.9 Å². The van der Waals surface area contributed by atoms with Gasteiger partial charge in [-0.25, -0.2) is 4.98 Å². The maximum absolute atomic E-state index is 12.4. The van der Waals surface area contributed by atoms with E-state index in [0.717, 1.165) is 16.3 Å². The van der Waals surface area contributed by atoms with E-state index in [2.05, 4.69) is 39.6 Å². The van der Waals surface area contributed by atoms with Crippen molar-refractivity contribution >= 4 is 27.6 Å². The van der Waals surface area contributed by atoms with Crippen LogP contribution < -0.4 is 10.9 Å². The van der Waals surface area contributed by atoms with Crippen molar-refractivity contribution in [1.82, 2.24) is 15.3 Å². The number of hydrogen-bond donors (Lipinski definition) is 2. The van der Waals surface area contributed by atoms with E-state index in [0.29, 0.717) is 36.0 Å². The first-order valence-electron chi connectivity index (χ1n) is 9.87. The molecule has 0 aliphatic heterocycles. The first kappa shape index (κ1) is 18.9. The number of carbonyl (C=O) groups is 1. The van der Waals surface area contributed by atoms with E-state index in [1.807, 2.05) is 43.3 Å². The molecule has 0 aliphatic rings. The van der Waals surface area contributed by atoms with Gasteiger partial charge in [-0.15, -0.1) is 0 Å². The molecule has 1 atom stereocenters.